The molecule has 5 rings (SSSR count). The van der Waals surface area contributed by atoms with E-state index in [4.69, 9.17) is 9.47 Å². The van der Waals surface area contributed by atoms with Gasteiger partial charge in [-0.1, -0.05) is 74.2 Å². The van der Waals surface area contributed by atoms with E-state index in [1.165, 1.54) is 22.3 Å². The summed E-state index contributed by atoms with van der Waals surface area (Å²) in [5.74, 6) is 0.402. The number of hydrogen-bond donors (Lipinski definition) is 4. The number of carbonyl (C=O) groups excluding carboxylic acids is 2. The van der Waals surface area contributed by atoms with E-state index in [-0.39, 0.29) is 55.2 Å². The lowest BCUT2D eigenvalue weighted by Crippen LogP contribution is -2.45. The zero-order valence-electron chi connectivity index (χ0n) is 25.3. The van der Waals surface area contributed by atoms with Crippen LogP contribution >= 0.6 is 0 Å². The molecule has 2 amide bonds. The number of fused-ring (bicyclic) bond motifs is 3. The van der Waals surface area contributed by atoms with E-state index in [9.17, 15) is 19.8 Å². The minimum Gasteiger partial charge on any atom is -0.449 e. The van der Waals surface area contributed by atoms with E-state index in [0.717, 1.165) is 51.4 Å². The van der Waals surface area contributed by atoms with Crippen molar-refractivity contribution < 1.29 is 29.3 Å². The summed E-state index contributed by atoms with van der Waals surface area (Å²) in [5, 5.41) is 24.5. The molecule has 230 valence electrons. The Balaban J connectivity index is 0.000000219. The fraction of sp³-hybridized carbons (Fsp3) is 0.588. The highest BCUT2D eigenvalue weighted by Crippen LogP contribution is 2.44. The molecule has 0 unspecified atom stereocenters. The highest BCUT2D eigenvalue weighted by Gasteiger charge is 2.31. The molecule has 4 atom stereocenters. The van der Waals surface area contributed by atoms with Crippen LogP contribution in [0.5, 0.6) is 0 Å². The van der Waals surface area contributed by atoms with E-state index in [2.05, 4.69) is 34.9 Å². The van der Waals surface area contributed by atoms with E-state index in [1.807, 2.05) is 45.0 Å². The second kappa shape index (κ2) is 14.9. The number of ether oxygens (including phenoxy) is 2. The number of nitrogens with one attached hydrogen (secondary N) is 2. The maximum absolute atomic E-state index is 12.3. The largest absolute Gasteiger partial charge is 0.449 e. The molecular weight excluding hydrogens is 532 g/mol. The van der Waals surface area contributed by atoms with Gasteiger partial charge in [-0.15, -0.1) is 0 Å². The number of aliphatic hydroxyl groups excluding tert-OH is 2. The minimum absolute atomic E-state index is 0.0180. The van der Waals surface area contributed by atoms with Crippen LogP contribution in [0.2, 0.25) is 0 Å². The summed E-state index contributed by atoms with van der Waals surface area (Å²) in [6.45, 7) is 6.12. The normalized spacial score (nSPS) is 23.5. The first-order chi connectivity index (χ1) is 20.2. The van der Waals surface area contributed by atoms with Gasteiger partial charge in [-0.2, -0.15) is 0 Å². The number of rotatable bonds is 6. The fourth-order valence-electron chi connectivity index (χ4n) is 6.48. The van der Waals surface area contributed by atoms with Gasteiger partial charge in [-0.05, 0) is 68.7 Å². The number of aliphatic hydroxyl groups is 2. The molecule has 8 nitrogen and oxygen atoms in total. The van der Waals surface area contributed by atoms with Gasteiger partial charge in [0.25, 0.3) is 0 Å². The van der Waals surface area contributed by atoms with Gasteiger partial charge in [0.1, 0.15) is 12.2 Å². The number of benzene rings is 2. The van der Waals surface area contributed by atoms with Gasteiger partial charge in [0.05, 0.1) is 0 Å². The van der Waals surface area contributed by atoms with Crippen LogP contribution in [-0.2, 0) is 9.47 Å². The summed E-state index contributed by atoms with van der Waals surface area (Å²) in [7, 11) is 0. The van der Waals surface area contributed by atoms with Crippen molar-refractivity contribution in [2.75, 3.05) is 19.8 Å². The number of carbonyl (C=O) groups is 2. The Kier molecular flexibility index (Phi) is 11.3. The number of amides is 2. The maximum Gasteiger partial charge on any atom is 0.407 e. The third-order valence-corrected chi connectivity index (χ3v) is 8.64. The van der Waals surface area contributed by atoms with Crippen LogP contribution in [0.1, 0.15) is 89.2 Å². The molecule has 4 N–H and O–H groups in total. The SMILES string of the molecule is CC(C)(C)OC(=O)N[C@H]1CCCC[C@@H]1CO.O=C(N[C@H]1CCCC[C@@H]1CO)OCC1c2ccccc2-c2ccccc21. The molecule has 2 fully saturated rings. The Morgan fingerprint density at radius 1 is 0.738 bits per heavy atom. The van der Waals surface area contributed by atoms with Gasteiger partial charge >= 0.3 is 12.2 Å². The zero-order chi connectivity index (χ0) is 30.1. The summed E-state index contributed by atoms with van der Waals surface area (Å²) in [6.07, 6.45) is 7.49. The average Bonchev–Trinajstić information content (AvgIpc) is 3.29. The smallest absolute Gasteiger partial charge is 0.407 e. The van der Waals surface area contributed by atoms with Crippen molar-refractivity contribution in [3.63, 3.8) is 0 Å². The lowest BCUT2D eigenvalue weighted by Gasteiger charge is -2.31. The fourth-order valence-corrected chi connectivity index (χ4v) is 6.48. The first-order valence-corrected chi connectivity index (χ1v) is 15.5. The second-order valence-corrected chi connectivity index (χ2v) is 12.8. The molecular formula is C34H48N2O6. The third kappa shape index (κ3) is 8.48. The van der Waals surface area contributed by atoms with E-state index in [0.29, 0.717) is 6.61 Å². The Labute approximate surface area is 250 Å². The molecule has 3 aliphatic rings. The van der Waals surface area contributed by atoms with E-state index < -0.39 is 5.60 Å². The van der Waals surface area contributed by atoms with E-state index in [1.54, 1.807) is 0 Å². The van der Waals surface area contributed by atoms with Gasteiger partial charge in [-0.3, -0.25) is 0 Å². The lowest BCUT2D eigenvalue weighted by molar-refractivity contribution is 0.0446. The van der Waals surface area contributed by atoms with Crippen molar-refractivity contribution in [2.24, 2.45) is 11.8 Å². The second-order valence-electron chi connectivity index (χ2n) is 12.8. The summed E-state index contributed by atoms with van der Waals surface area (Å²) < 4.78 is 10.8. The predicted molar refractivity (Wildman–Crippen MR) is 163 cm³/mol. The summed E-state index contributed by atoms with van der Waals surface area (Å²) in [5.41, 5.74) is 4.42. The molecule has 0 heterocycles. The molecule has 0 saturated heterocycles. The van der Waals surface area contributed by atoms with Gasteiger partial charge in [0, 0.05) is 43.1 Å². The maximum atomic E-state index is 12.3. The van der Waals surface area contributed by atoms with Crippen LogP contribution in [-0.4, -0.2) is 59.9 Å². The first-order valence-electron chi connectivity index (χ1n) is 15.5. The molecule has 2 aromatic rings. The Bertz CT molecular complexity index is 1130. The van der Waals surface area contributed by atoms with Gasteiger partial charge in [0.15, 0.2) is 0 Å². The Morgan fingerprint density at radius 3 is 1.67 bits per heavy atom. The summed E-state index contributed by atoms with van der Waals surface area (Å²) in [6, 6.07) is 16.7. The van der Waals surface area contributed by atoms with Crippen LogP contribution < -0.4 is 10.6 Å². The number of hydrogen-bond acceptors (Lipinski definition) is 6. The van der Waals surface area contributed by atoms with Crippen LogP contribution in [0.3, 0.4) is 0 Å². The molecule has 8 heteroatoms. The molecule has 0 aliphatic heterocycles. The third-order valence-electron chi connectivity index (χ3n) is 8.64. The van der Waals surface area contributed by atoms with Crippen molar-refractivity contribution in [1.82, 2.24) is 10.6 Å². The van der Waals surface area contributed by atoms with Crippen LogP contribution in [0.4, 0.5) is 9.59 Å². The predicted octanol–water partition coefficient (Wildman–Crippen LogP) is 6.14. The van der Waals surface area contributed by atoms with Crippen molar-refractivity contribution in [1.29, 1.82) is 0 Å². The quantitative estimate of drug-likeness (QED) is 0.326. The number of alkyl carbamates (subject to hydrolysis) is 2. The van der Waals surface area contributed by atoms with Crippen molar-refractivity contribution >= 4 is 12.2 Å². The Hall–Kier alpha value is -3.10. The van der Waals surface area contributed by atoms with Crippen LogP contribution in [0, 0.1) is 11.8 Å². The highest BCUT2D eigenvalue weighted by atomic mass is 16.6. The highest BCUT2D eigenvalue weighted by molar-refractivity contribution is 5.79. The molecule has 2 saturated carbocycles. The first kappa shape index (κ1) is 31.8. The summed E-state index contributed by atoms with van der Waals surface area (Å²) in [4.78, 5) is 23.9. The molecule has 3 aliphatic carbocycles. The molecule has 0 spiro atoms. The molecule has 2 aromatic carbocycles. The summed E-state index contributed by atoms with van der Waals surface area (Å²) >= 11 is 0. The Morgan fingerprint density at radius 2 is 1.19 bits per heavy atom. The van der Waals surface area contributed by atoms with Crippen molar-refractivity contribution in [3.8, 4) is 11.1 Å². The van der Waals surface area contributed by atoms with Crippen LogP contribution in [0.15, 0.2) is 48.5 Å². The minimum atomic E-state index is -0.465. The molecule has 42 heavy (non-hydrogen) atoms. The van der Waals surface area contributed by atoms with Gasteiger partial charge < -0.3 is 30.3 Å². The zero-order valence-corrected chi connectivity index (χ0v) is 25.3. The lowest BCUT2D eigenvalue weighted by atomic mass is 9.85. The molecule has 0 radical (unpaired) electrons. The van der Waals surface area contributed by atoms with Crippen molar-refractivity contribution in [2.45, 2.75) is 95.7 Å². The van der Waals surface area contributed by atoms with Crippen molar-refractivity contribution in [3.05, 3.63) is 59.7 Å². The van der Waals surface area contributed by atoms with E-state index >= 15 is 0 Å². The molecule has 0 aromatic heterocycles. The van der Waals surface area contributed by atoms with Gasteiger partial charge in [-0.25, -0.2) is 9.59 Å². The monoisotopic (exact) mass is 580 g/mol. The van der Waals surface area contributed by atoms with Crippen LogP contribution in [0.25, 0.3) is 11.1 Å². The average molecular weight is 581 g/mol. The van der Waals surface area contributed by atoms with Gasteiger partial charge in [0.2, 0.25) is 0 Å². The topological polar surface area (TPSA) is 117 Å². The standard InChI is InChI=1S/C22H25NO3.C12H23NO3/c24-13-15-7-1-6-12-21(15)23-22(25)26-14-20-18-10-4-2-8-16(18)17-9-3-5-11-19(17)20;1-12(2,3)16-11(15)13-10-7-5-4-6-9(10)8-14/h2-5,8-11,15,20-21,24H,1,6-7,12-14H2,(H,23,25);9-10,14H,4-8H2,1-3H3,(H,13,15)/t15-,21+;9-,10+/m11/s1. The molecule has 0 bridgehead atoms.